The van der Waals surface area contributed by atoms with Crippen LogP contribution in [0.4, 0.5) is 0 Å². The van der Waals surface area contributed by atoms with Crippen LogP contribution < -0.4 is 5.32 Å². The zero-order valence-corrected chi connectivity index (χ0v) is 19.5. The van der Waals surface area contributed by atoms with E-state index in [-0.39, 0.29) is 30.0 Å². The average Bonchev–Trinajstić information content (AvgIpc) is 3.25. The first kappa shape index (κ1) is 25.3. The SMILES string of the molecule is CC[C@H](C)C[C@@H](CC(=O)N1CCC[C@H]1CCC(=O)N[C@H](C)[C@@H](O)c1ccccc1)OC. The summed E-state index contributed by atoms with van der Waals surface area (Å²) in [5.41, 5.74) is 0.785. The van der Waals surface area contributed by atoms with Crippen molar-refractivity contribution in [3.05, 3.63) is 35.9 Å². The van der Waals surface area contributed by atoms with Crippen LogP contribution in [0.15, 0.2) is 30.3 Å². The van der Waals surface area contributed by atoms with Crippen molar-refractivity contribution >= 4 is 11.8 Å². The second kappa shape index (κ2) is 12.8. The van der Waals surface area contributed by atoms with E-state index in [2.05, 4.69) is 19.2 Å². The third-order valence-electron chi connectivity index (χ3n) is 6.50. The number of benzene rings is 1. The minimum Gasteiger partial charge on any atom is -0.386 e. The Kier molecular flexibility index (Phi) is 10.5. The van der Waals surface area contributed by atoms with E-state index < -0.39 is 6.10 Å². The number of amides is 2. The molecule has 1 aromatic rings. The summed E-state index contributed by atoms with van der Waals surface area (Å²) in [4.78, 5) is 27.3. The fourth-order valence-corrected chi connectivity index (χ4v) is 4.30. The molecule has 0 saturated carbocycles. The molecule has 174 valence electrons. The van der Waals surface area contributed by atoms with Crippen molar-refractivity contribution < 1.29 is 19.4 Å². The number of methoxy groups -OCH3 is 1. The van der Waals surface area contributed by atoms with Gasteiger partial charge in [0, 0.05) is 26.1 Å². The van der Waals surface area contributed by atoms with Crippen LogP contribution in [-0.2, 0) is 14.3 Å². The Morgan fingerprint density at radius 3 is 2.61 bits per heavy atom. The molecule has 0 radical (unpaired) electrons. The molecule has 1 heterocycles. The van der Waals surface area contributed by atoms with Gasteiger partial charge in [0.05, 0.1) is 24.7 Å². The van der Waals surface area contributed by atoms with E-state index >= 15 is 0 Å². The number of aliphatic hydroxyl groups excluding tert-OH is 1. The second-order valence-corrected chi connectivity index (χ2v) is 8.94. The van der Waals surface area contributed by atoms with E-state index in [9.17, 15) is 14.7 Å². The van der Waals surface area contributed by atoms with Crippen LogP contribution in [0.5, 0.6) is 0 Å². The molecule has 2 rings (SSSR count). The molecule has 0 spiro atoms. The molecule has 6 nitrogen and oxygen atoms in total. The first-order valence-corrected chi connectivity index (χ1v) is 11.7. The van der Waals surface area contributed by atoms with E-state index in [0.29, 0.717) is 25.2 Å². The highest BCUT2D eigenvalue weighted by Gasteiger charge is 2.30. The zero-order valence-electron chi connectivity index (χ0n) is 19.5. The molecule has 0 aromatic heterocycles. The van der Waals surface area contributed by atoms with Crippen LogP contribution in [0.25, 0.3) is 0 Å². The normalized spacial score (nSPS) is 20.2. The van der Waals surface area contributed by atoms with Crippen molar-refractivity contribution in [2.75, 3.05) is 13.7 Å². The largest absolute Gasteiger partial charge is 0.386 e. The number of hydrogen-bond acceptors (Lipinski definition) is 4. The number of likely N-dealkylation sites (tertiary alicyclic amines) is 1. The average molecular weight is 433 g/mol. The van der Waals surface area contributed by atoms with Crippen molar-refractivity contribution in [1.29, 1.82) is 0 Å². The molecule has 5 atom stereocenters. The number of hydrogen-bond donors (Lipinski definition) is 2. The minimum atomic E-state index is -0.744. The first-order valence-electron chi connectivity index (χ1n) is 11.7. The number of ether oxygens (including phenoxy) is 1. The Labute approximate surface area is 187 Å². The van der Waals surface area contributed by atoms with Crippen LogP contribution in [0.1, 0.15) is 77.4 Å². The maximum Gasteiger partial charge on any atom is 0.225 e. The van der Waals surface area contributed by atoms with Gasteiger partial charge in [0.25, 0.3) is 0 Å². The summed E-state index contributed by atoms with van der Waals surface area (Å²) in [6.07, 6.45) is 4.49. The number of nitrogens with zero attached hydrogens (tertiary/aromatic N) is 1. The Bertz CT molecular complexity index is 681. The van der Waals surface area contributed by atoms with Crippen LogP contribution in [-0.4, -0.2) is 53.7 Å². The van der Waals surface area contributed by atoms with E-state index in [4.69, 9.17) is 4.74 Å². The summed E-state index contributed by atoms with van der Waals surface area (Å²) in [5.74, 6) is 0.572. The van der Waals surface area contributed by atoms with E-state index in [0.717, 1.165) is 37.8 Å². The Morgan fingerprint density at radius 1 is 1.26 bits per heavy atom. The highest BCUT2D eigenvalue weighted by atomic mass is 16.5. The molecule has 2 N–H and O–H groups in total. The summed E-state index contributed by atoms with van der Waals surface area (Å²) in [6, 6.07) is 9.07. The number of carbonyl (C=O) groups excluding carboxylic acids is 2. The van der Waals surface area contributed by atoms with Gasteiger partial charge in [-0.25, -0.2) is 0 Å². The molecule has 1 aliphatic rings. The van der Waals surface area contributed by atoms with Gasteiger partial charge in [-0.2, -0.15) is 0 Å². The molecular formula is C25H40N2O4. The maximum absolute atomic E-state index is 12.9. The van der Waals surface area contributed by atoms with Gasteiger partial charge in [-0.1, -0.05) is 50.6 Å². The molecular weight excluding hydrogens is 392 g/mol. The van der Waals surface area contributed by atoms with Gasteiger partial charge in [-0.05, 0) is 44.1 Å². The lowest BCUT2D eigenvalue weighted by molar-refractivity contribution is -0.135. The highest BCUT2D eigenvalue weighted by molar-refractivity contribution is 5.78. The molecule has 0 bridgehead atoms. The van der Waals surface area contributed by atoms with Crippen molar-refractivity contribution in [2.24, 2.45) is 5.92 Å². The molecule has 31 heavy (non-hydrogen) atoms. The van der Waals surface area contributed by atoms with Crippen molar-refractivity contribution in [2.45, 2.75) is 90.0 Å². The fraction of sp³-hybridized carbons (Fsp3) is 0.680. The second-order valence-electron chi connectivity index (χ2n) is 8.94. The van der Waals surface area contributed by atoms with Gasteiger partial charge < -0.3 is 20.1 Å². The third kappa shape index (κ3) is 7.93. The first-order chi connectivity index (χ1) is 14.8. The predicted octanol–water partition coefficient (Wildman–Crippen LogP) is 3.84. The molecule has 2 amide bonds. The lowest BCUT2D eigenvalue weighted by Gasteiger charge is -2.27. The molecule has 1 aliphatic heterocycles. The molecule has 0 unspecified atom stereocenters. The van der Waals surface area contributed by atoms with Crippen LogP contribution >= 0.6 is 0 Å². The van der Waals surface area contributed by atoms with Gasteiger partial charge in [0.2, 0.25) is 11.8 Å². The standard InChI is InChI=1S/C25H40N2O4/c1-5-18(2)16-22(31-4)17-24(29)27-15-9-12-21(27)13-14-23(28)26-19(3)25(30)20-10-7-6-8-11-20/h6-8,10-11,18-19,21-22,25,30H,5,9,12-17H2,1-4H3,(H,26,28)/t18-,19+,21-,22-,25+/m0/s1. The smallest absolute Gasteiger partial charge is 0.225 e. The lowest BCUT2D eigenvalue weighted by Crippen LogP contribution is -2.40. The van der Waals surface area contributed by atoms with Crippen molar-refractivity contribution in [3.63, 3.8) is 0 Å². The minimum absolute atomic E-state index is 0.0488. The van der Waals surface area contributed by atoms with Gasteiger partial charge >= 0.3 is 0 Å². The van der Waals surface area contributed by atoms with E-state index in [1.54, 1.807) is 7.11 Å². The van der Waals surface area contributed by atoms with Gasteiger partial charge in [0.15, 0.2) is 0 Å². The van der Waals surface area contributed by atoms with Gasteiger partial charge in [0.1, 0.15) is 0 Å². The summed E-state index contributed by atoms with van der Waals surface area (Å²) >= 11 is 0. The number of rotatable bonds is 12. The molecule has 1 aromatic carbocycles. The summed E-state index contributed by atoms with van der Waals surface area (Å²) in [5, 5.41) is 13.3. The topological polar surface area (TPSA) is 78.9 Å². The summed E-state index contributed by atoms with van der Waals surface area (Å²) in [7, 11) is 1.68. The van der Waals surface area contributed by atoms with Crippen LogP contribution in [0, 0.1) is 5.92 Å². The van der Waals surface area contributed by atoms with Gasteiger partial charge in [-0.3, -0.25) is 9.59 Å². The van der Waals surface area contributed by atoms with E-state index in [1.165, 1.54) is 0 Å². The summed E-state index contributed by atoms with van der Waals surface area (Å²) in [6.45, 7) is 6.90. The summed E-state index contributed by atoms with van der Waals surface area (Å²) < 4.78 is 5.55. The molecule has 1 fully saturated rings. The van der Waals surface area contributed by atoms with Crippen LogP contribution in [0.2, 0.25) is 0 Å². The molecule has 1 saturated heterocycles. The van der Waals surface area contributed by atoms with Crippen LogP contribution in [0.3, 0.4) is 0 Å². The van der Waals surface area contributed by atoms with Crippen molar-refractivity contribution in [3.8, 4) is 0 Å². The fourth-order valence-electron chi connectivity index (χ4n) is 4.30. The molecule has 0 aliphatic carbocycles. The number of aliphatic hydroxyl groups is 1. The Morgan fingerprint density at radius 2 is 1.97 bits per heavy atom. The number of nitrogens with one attached hydrogen (secondary N) is 1. The number of carbonyl (C=O) groups is 2. The Balaban J connectivity index is 1.81. The zero-order chi connectivity index (χ0) is 22.8. The maximum atomic E-state index is 12.9. The lowest BCUT2D eigenvalue weighted by atomic mass is 9.98. The van der Waals surface area contributed by atoms with Crippen molar-refractivity contribution in [1.82, 2.24) is 10.2 Å². The third-order valence-corrected chi connectivity index (χ3v) is 6.50. The predicted molar refractivity (Wildman–Crippen MR) is 122 cm³/mol. The monoisotopic (exact) mass is 432 g/mol. The Hall–Kier alpha value is -1.92. The highest BCUT2D eigenvalue weighted by Crippen LogP contribution is 2.24. The quantitative estimate of drug-likeness (QED) is 0.526. The van der Waals surface area contributed by atoms with E-state index in [1.807, 2.05) is 42.2 Å². The van der Waals surface area contributed by atoms with Gasteiger partial charge in [-0.15, -0.1) is 0 Å². The molecule has 6 heteroatoms.